The van der Waals surface area contributed by atoms with Gasteiger partial charge in [0.1, 0.15) is 0 Å². The number of rotatable bonds is 3. The number of benzene rings is 10. The van der Waals surface area contributed by atoms with Crippen LogP contribution in [0.1, 0.15) is 0 Å². The Morgan fingerprint density at radius 3 is 1.32 bits per heavy atom. The Labute approximate surface area is 290 Å². The second kappa shape index (κ2) is 10.5. The fraction of sp³-hybridized carbons (Fsp3) is 0. The molecule has 1 aliphatic carbocycles. The molecule has 0 N–H and O–H groups in total. The van der Waals surface area contributed by atoms with Crippen molar-refractivity contribution in [1.29, 1.82) is 0 Å². The van der Waals surface area contributed by atoms with Crippen LogP contribution in [-0.2, 0) is 0 Å². The van der Waals surface area contributed by atoms with Crippen molar-refractivity contribution in [3.05, 3.63) is 182 Å². The van der Waals surface area contributed by atoms with Crippen molar-refractivity contribution in [3.63, 3.8) is 0 Å². The molecule has 10 aromatic rings. The lowest BCUT2D eigenvalue weighted by atomic mass is 9.91. The normalized spacial score (nSPS) is 12.0. The van der Waals surface area contributed by atoms with Crippen molar-refractivity contribution in [2.75, 3.05) is 0 Å². The van der Waals surface area contributed by atoms with Gasteiger partial charge >= 0.3 is 0 Å². The van der Waals surface area contributed by atoms with E-state index in [0.29, 0.717) is 0 Å². The van der Waals surface area contributed by atoms with Crippen LogP contribution in [0, 0.1) is 0 Å². The van der Waals surface area contributed by atoms with Gasteiger partial charge in [0.2, 0.25) is 0 Å². The van der Waals surface area contributed by atoms with Gasteiger partial charge in [-0.25, -0.2) is 0 Å². The highest BCUT2D eigenvalue weighted by Crippen LogP contribution is 2.50. The van der Waals surface area contributed by atoms with Crippen LogP contribution in [-0.4, -0.2) is 0 Å². The Bertz CT molecular complexity index is 3000. The van der Waals surface area contributed by atoms with Crippen LogP contribution < -0.4 is 0 Å². The summed E-state index contributed by atoms with van der Waals surface area (Å²) in [6.07, 6.45) is 0. The van der Waals surface area contributed by atoms with Crippen molar-refractivity contribution < 1.29 is 0 Å². The zero-order chi connectivity index (χ0) is 32.8. The first-order valence-corrected chi connectivity index (χ1v) is 17.4. The quantitative estimate of drug-likeness (QED) is 0.170. The standard InChI is InChI=1S/C50H30/c1-2-7-31(8-3-1)32-13-15-33(16-14-32)34-21-24-41-37(27-34)17-18-38-28-35(22-25-42(38)41)36-23-26-43-39(29-36)19-20-40-30-48-45-10-5-4-9-44(45)46-11-6-12-47(49(40)43)50(46)48/h1-30H. The van der Waals surface area contributed by atoms with E-state index in [9.17, 15) is 0 Å². The fourth-order valence-corrected chi connectivity index (χ4v) is 8.53. The van der Waals surface area contributed by atoms with Gasteiger partial charge in [-0.3, -0.25) is 0 Å². The van der Waals surface area contributed by atoms with Crippen LogP contribution in [0.25, 0.3) is 109 Å². The highest BCUT2D eigenvalue weighted by atomic mass is 14.3. The summed E-state index contributed by atoms with van der Waals surface area (Å²) >= 11 is 0. The van der Waals surface area contributed by atoms with Crippen LogP contribution in [0.5, 0.6) is 0 Å². The topological polar surface area (TPSA) is 0 Å². The summed E-state index contributed by atoms with van der Waals surface area (Å²) in [5.41, 5.74) is 12.8. The van der Waals surface area contributed by atoms with Gasteiger partial charge in [-0.1, -0.05) is 158 Å². The predicted octanol–water partition coefficient (Wildman–Crippen LogP) is 14.1. The molecule has 0 bridgehead atoms. The molecule has 1 aliphatic rings. The molecular formula is C50H30. The van der Waals surface area contributed by atoms with Crippen LogP contribution in [0.15, 0.2) is 182 Å². The maximum absolute atomic E-state index is 2.40. The third-order valence-electron chi connectivity index (χ3n) is 11.0. The summed E-state index contributed by atoms with van der Waals surface area (Å²) in [5.74, 6) is 0. The number of hydrogen-bond acceptors (Lipinski definition) is 0. The zero-order valence-corrected chi connectivity index (χ0v) is 27.3. The summed E-state index contributed by atoms with van der Waals surface area (Å²) in [4.78, 5) is 0. The molecule has 10 aromatic carbocycles. The molecule has 11 rings (SSSR count). The third kappa shape index (κ3) is 4.06. The molecule has 0 aliphatic heterocycles. The Hall–Kier alpha value is -6.50. The van der Waals surface area contributed by atoms with Crippen molar-refractivity contribution in [2.24, 2.45) is 0 Å². The summed E-state index contributed by atoms with van der Waals surface area (Å²) in [7, 11) is 0. The minimum absolute atomic E-state index is 1.23. The van der Waals surface area contributed by atoms with Gasteiger partial charge in [0.15, 0.2) is 0 Å². The third-order valence-corrected chi connectivity index (χ3v) is 11.0. The van der Waals surface area contributed by atoms with E-state index in [1.807, 2.05) is 0 Å². The first-order valence-electron chi connectivity index (χ1n) is 17.4. The van der Waals surface area contributed by atoms with E-state index in [1.165, 1.54) is 109 Å². The molecule has 50 heavy (non-hydrogen) atoms. The maximum Gasteiger partial charge on any atom is -0.00197 e. The molecule has 0 aromatic heterocycles. The van der Waals surface area contributed by atoms with Gasteiger partial charge in [0.05, 0.1) is 0 Å². The fourth-order valence-electron chi connectivity index (χ4n) is 8.53. The van der Waals surface area contributed by atoms with Crippen LogP contribution in [0.4, 0.5) is 0 Å². The highest BCUT2D eigenvalue weighted by molar-refractivity contribution is 6.28. The van der Waals surface area contributed by atoms with E-state index in [1.54, 1.807) is 0 Å². The van der Waals surface area contributed by atoms with Gasteiger partial charge in [0.25, 0.3) is 0 Å². The van der Waals surface area contributed by atoms with Gasteiger partial charge < -0.3 is 0 Å². The Balaban J connectivity index is 0.969. The summed E-state index contributed by atoms with van der Waals surface area (Å²) in [5, 5.41) is 13.0. The Morgan fingerprint density at radius 1 is 0.200 bits per heavy atom. The number of hydrogen-bond donors (Lipinski definition) is 0. The molecule has 0 heterocycles. The minimum Gasteiger partial charge on any atom is -0.0622 e. The lowest BCUT2D eigenvalue weighted by Gasteiger charge is -2.13. The first-order chi connectivity index (χ1) is 24.8. The first kappa shape index (κ1) is 27.5. The Kier molecular flexibility index (Phi) is 5.76. The van der Waals surface area contributed by atoms with Crippen LogP contribution in [0.2, 0.25) is 0 Å². The van der Waals surface area contributed by atoms with Crippen molar-refractivity contribution in [2.45, 2.75) is 0 Å². The van der Waals surface area contributed by atoms with E-state index in [4.69, 9.17) is 0 Å². The van der Waals surface area contributed by atoms with Gasteiger partial charge in [-0.15, -0.1) is 0 Å². The Morgan fingerprint density at radius 2 is 0.660 bits per heavy atom. The summed E-state index contributed by atoms with van der Waals surface area (Å²) in [6, 6.07) is 67.5. The summed E-state index contributed by atoms with van der Waals surface area (Å²) in [6.45, 7) is 0. The van der Waals surface area contributed by atoms with Gasteiger partial charge in [0, 0.05) is 0 Å². The molecule has 0 unspecified atom stereocenters. The molecule has 0 radical (unpaired) electrons. The van der Waals surface area contributed by atoms with E-state index in [2.05, 4.69) is 182 Å². The van der Waals surface area contributed by atoms with E-state index < -0.39 is 0 Å². The molecule has 0 amide bonds. The zero-order valence-electron chi connectivity index (χ0n) is 27.3. The minimum atomic E-state index is 1.23. The summed E-state index contributed by atoms with van der Waals surface area (Å²) < 4.78 is 0. The van der Waals surface area contributed by atoms with Gasteiger partial charge in [-0.2, -0.15) is 0 Å². The smallest absolute Gasteiger partial charge is 0.00197 e. The second-order valence-corrected chi connectivity index (χ2v) is 13.7. The monoisotopic (exact) mass is 630 g/mol. The van der Waals surface area contributed by atoms with Crippen LogP contribution in [0.3, 0.4) is 0 Å². The average molecular weight is 631 g/mol. The SMILES string of the molecule is c1ccc(-c2ccc(-c3ccc4c(ccc5cc(-c6ccc7c(ccc8cc9c%10c(cccc%10c87)-c7ccccc7-9)c6)ccc54)c3)cc2)cc1. The molecule has 0 nitrogen and oxygen atoms in total. The number of fused-ring (bicyclic) bond motifs is 10. The largest absolute Gasteiger partial charge is 0.0622 e. The van der Waals surface area contributed by atoms with E-state index in [-0.39, 0.29) is 0 Å². The van der Waals surface area contributed by atoms with Crippen molar-refractivity contribution >= 4 is 53.9 Å². The predicted molar refractivity (Wildman–Crippen MR) is 215 cm³/mol. The molecule has 0 fully saturated rings. The molecule has 230 valence electrons. The van der Waals surface area contributed by atoms with E-state index in [0.717, 1.165) is 0 Å². The lowest BCUT2D eigenvalue weighted by Crippen LogP contribution is -1.86. The average Bonchev–Trinajstić information content (AvgIpc) is 3.51. The molecule has 0 saturated heterocycles. The highest BCUT2D eigenvalue weighted by Gasteiger charge is 2.22. The van der Waals surface area contributed by atoms with E-state index >= 15 is 0 Å². The molecule has 0 atom stereocenters. The second-order valence-electron chi connectivity index (χ2n) is 13.7. The molecule has 0 spiro atoms. The van der Waals surface area contributed by atoms with Crippen LogP contribution >= 0.6 is 0 Å². The molecule has 0 heteroatoms. The maximum atomic E-state index is 2.40. The van der Waals surface area contributed by atoms with Crippen molar-refractivity contribution in [1.82, 2.24) is 0 Å². The lowest BCUT2D eigenvalue weighted by molar-refractivity contribution is 1.60. The van der Waals surface area contributed by atoms with Gasteiger partial charge in [-0.05, 0) is 134 Å². The van der Waals surface area contributed by atoms with Crippen molar-refractivity contribution in [3.8, 4) is 55.6 Å². The molecule has 0 saturated carbocycles. The molecular weight excluding hydrogens is 601 g/mol.